The van der Waals surface area contributed by atoms with Crippen molar-refractivity contribution >= 4 is 11.3 Å². The Kier molecular flexibility index (Phi) is 5.36. The molecule has 160 valence electrons. The van der Waals surface area contributed by atoms with Crippen LogP contribution in [0.4, 0.5) is 8.78 Å². The number of aromatic nitrogens is 6. The summed E-state index contributed by atoms with van der Waals surface area (Å²) in [6, 6.07) is 9.81. The molecule has 0 radical (unpaired) electrons. The van der Waals surface area contributed by atoms with Crippen LogP contribution in [-0.2, 0) is 5.92 Å². The van der Waals surface area contributed by atoms with Gasteiger partial charge >= 0.3 is 0 Å². The fourth-order valence-corrected chi connectivity index (χ4v) is 3.67. The van der Waals surface area contributed by atoms with Crippen LogP contribution in [0.5, 0.6) is 5.75 Å². The zero-order chi connectivity index (χ0) is 22.2. The van der Waals surface area contributed by atoms with Crippen LogP contribution < -0.4 is 10.3 Å². The average Bonchev–Trinajstić information content (AvgIpc) is 3.43. The molecular formula is C20H18F2N6O2S. The van der Waals surface area contributed by atoms with E-state index in [4.69, 9.17) is 4.74 Å². The third-order valence-electron chi connectivity index (χ3n) is 4.59. The predicted octanol–water partition coefficient (Wildman–Crippen LogP) is 3.88. The molecule has 1 N–H and O–H groups in total. The SMILES string of the molecule is COc1cccc(-c2ccc(=O)n(C(C)c3nc(-c4ncc(C(C)(F)F)s4)n[nH]3)n2)c1. The van der Waals surface area contributed by atoms with E-state index in [2.05, 4.69) is 25.3 Å². The monoisotopic (exact) mass is 444 g/mol. The maximum Gasteiger partial charge on any atom is 0.281 e. The number of methoxy groups -OCH3 is 1. The summed E-state index contributed by atoms with van der Waals surface area (Å²) in [5.74, 6) is -1.78. The number of benzene rings is 1. The highest BCUT2D eigenvalue weighted by Gasteiger charge is 2.28. The van der Waals surface area contributed by atoms with Gasteiger partial charge in [0.2, 0.25) is 5.82 Å². The van der Waals surface area contributed by atoms with Gasteiger partial charge in [0, 0.05) is 24.8 Å². The summed E-state index contributed by atoms with van der Waals surface area (Å²) in [4.78, 5) is 20.6. The molecule has 0 aliphatic heterocycles. The molecule has 0 amide bonds. The van der Waals surface area contributed by atoms with Gasteiger partial charge in [0.05, 0.1) is 17.7 Å². The fourth-order valence-electron chi connectivity index (χ4n) is 2.89. The van der Waals surface area contributed by atoms with Crippen LogP contribution in [0.25, 0.3) is 22.1 Å². The molecule has 1 aromatic carbocycles. The first-order chi connectivity index (χ1) is 14.8. The van der Waals surface area contributed by atoms with E-state index in [9.17, 15) is 13.6 Å². The highest BCUT2D eigenvalue weighted by atomic mass is 32.1. The molecule has 11 heteroatoms. The van der Waals surface area contributed by atoms with Crippen molar-refractivity contribution in [2.75, 3.05) is 7.11 Å². The quantitative estimate of drug-likeness (QED) is 0.485. The number of halogens is 2. The van der Waals surface area contributed by atoms with E-state index in [-0.39, 0.29) is 21.3 Å². The molecule has 0 spiro atoms. The van der Waals surface area contributed by atoms with Crippen LogP contribution in [0.1, 0.15) is 30.6 Å². The van der Waals surface area contributed by atoms with Crippen molar-refractivity contribution < 1.29 is 13.5 Å². The minimum Gasteiger partial charge on any atom is -0.497 e. The lowest BCUT2D eigenvalue weighted by Crippen LogP contribution is -2.26. The second-order valence-corrected chi connectivity index (χ2v) is 7.90. The number of H-pyrrole nitrogens is 1. The molecule has 1 unspecified atom stereocenters. The lowest BCUT2D eigenvalue weighted by atomic mass is 10.1. The van der Waals surface area contributed by atoms with E-state index >= 15 is 0 Å². The first-order valence-electron chi connectivity index (χ1n) is 9.27. The van der Waals surface area contributed by atoms with Crippen LogP contribution in [-0.4, -0.2) is 37.1 Å². The summed E-state index contributed by atoms with van der Waals surface area (Å²) in [5.41, 5.74) is 1.05. The number of alkyl halides is 2. The largest absolute Gasteiger partial charge is 0.497 e. The van der Waals surface area contributed by atoms with E-state index in [1.165, 1.54) is 10.7 Å². The Morgan fingerprint density at radius 1 is 1.26 bits per heavy atom. The number of nitrogens with one attached hydrogen (secondary N) is 1. The van der Waals surface area contributed by atoms with Gasteiger partial charge in [-0.3, -0.25) is 9.89 Å². The molecule has 0 saturated carbocycles. The zero-order valence-electron chi connectivity index (χ0n) is 16.8. The lowest BCUT2D eigenvalue weighted by Gasteiger charge is -2.12. The molecule has 4 rings (SSSR count). The van der Waals surface area contributed by atoms with Crippen LogP contribution in [0.2, 0.25) is 0 Å². The number of rotatable bonds is 6. The van der Waals surface area contributed by atoms with Gasteiger partial charge in [0.15, 0.2) is 5.01 Å². The first-order valence-corrected chi connectivity index (χ1v) is 10.1. The number of thiazole rings is 1. The summed E-state index contributed by atoms with van der Waals surface area (Å²) >= 11 is 0.818. The van der Waals surface area contributed by atoms with Gasteiger partial charge in [-0.2, -0.15) is 10.2 Å². The van der Waals surface area contributed by atoms with Gasteiger partial charge in [-0.25, -0.2) is 23.4 Å². The summed E-state index contributed by atoms with van der Waals surface area (Å²) < 4.78 is 33.5. The number of ether oxygens (including phenoxy) is 1. The van der Waals surface area contributed by atoms with E-state index < -0.39 is 12.0 Å². The van der Waals surface area contributed by atoms with Gasteiger partial charge < -0.3 is 4.74 Å². The van der Waals surface area contributed by atoms with E-state index in [1.54, 1.807) is 20.1 Å². The first kappa shape index (κ1) is 20.8. The van der Waals surface area contributed by atoms with Crippen molar-refractivity contribution in [1.29, 1.82) is 0 Å². The number of aromatic amines is 1. The smallest absolute Gasteiger partial charge is 0.281 e. The Bertz CT molecular complexity index is 1280. The van der Waals surface area contributed by atoms with Crippen molar-refractivity contribution in [3.8, 4) is 27.8 Å². The van der Waals surface area contributed by atoms with Crippen LogP contribution in [0, 0.1) is 0 Å². The molecule has 4 aromatic rings. The van der Waals surface area contributed by atoms with Crippen LogP contribution >= 0.6 is 11.3 Å². The number of nitrogens with zero attached hydrogens (tertiary/aromatic N) is 5. The van der Waals surface area contributed by atoms with E-state index in [0.29, 0.717) is 17.3 Å². The standard InChI is InChI=1S/C20H18F2N6O2S/c1-11(17-24-18(26-25-17)19-23-10-15(31-19)20(2,21)22)28-16(29)8-7-14(27-28)12-5-4-6-13(9-12)30-3/h4-11H,1-3H3,(H,24,25,26). The Labute approximate surface area is 179 Å². The lowest BCUT2D eigenvalue weighted by molar-refractivity contribution is 0.0213. The highest BCUT2D eigenvalue weighted by Crippen LogP contribution is 2.34. The molecule has 0 bridgehead atoms. The van der Waals surface area contributed by atoms with Gasteiger partial charge in [0.25, 0.3) is 11.5 Å². The summed E-state index contributed by atoms with van der Waals surface area (Å²) in [6.07, 6.45) is 1.11. The maximum absolute atomic E-state index is 13.5. The second kappa shape index (κ2) is 7.99. The van der Waals surface area contributed by atoms with Crippen molar-refractivity contribution in [3.05, 3.63) is 63.7 Å². The van der Waals surface area contributed by atoms with Gasteiger partial charge in [-0.15, -0.1) is 11.3 Å². The Balaban J connectivity index is 1.65. The normalized spacial score (nSPS) is 12.7. The molecule has 0 saturated heterocycles. The van der Waals surface area contributed by atoms with Crippen LogP contribution in [0.3, 0.4) is 0 Å². The highest BCUT2D eigenvalue weighted by molar-refractivity contribution is 7.15. The van der Waals surface area contributed by atoms with Crippen molar-refractivity contribution in [2.45, 2.75) is 25.8 Å². The Morgan fingerprint density at radius 2 is 2.06 bits per heavy atom. The predicted molar refractivity (Wildman–Crippen MR) is 111 cm³/mol. The molecule has 31 heavy (non-hydrogen) atoms. The van der Waals surface area contributed by atoms with E-state index in [0.717, 1.165) is 30.0 Å². The second-order valence-electron chi connectivity index (χ2n) is 6.87. The summed E-state index contributed by atoms with van der Waals surface area (Å²) in [6.45, 7) is 2.55. The fraction of sp³-hybridized carbons (Fsp3) is 0.250. The average molecular weight is 444 g/mol. The van der Waals surface area contributed by atoms with Gasteiger partial charge in [-0.05, 0) is 25.1 Å². The van der Waals surface area contributed by atoms with Gasteiger partial charge in [-0.1, -0.05) is 12.1 Å². The van der Waals surface area contributed by atoms with E-state index in [1.807, 2.05) is 24.3 Å². The molecule has 3 aromatic heterocycles. The third kappa shape index (κ3) is 4.22. The molecule has 8 nitrogen and oxygen atoms in total. The van der Waals surface area contributed by atoms with Crippen LogP contribution in [0.15, 0.2) is 47.4 Å². The van der Waals surface area contributed by atoms with Gasteiger partial charge in [0.1, 0.15) is 17.6 Å². The molecule has 0 fully saturated rings. The van der Waals surface area contributed by atoms with Crippen molar-refractivity contribution in [2.24, 2.45) is 0 Å². The number of hydrogen-bond donors (Lipinski definition) is 1. The maximum atomic E-state index is 13.5. The molecule has 3 heterocycles. The summed E-state index contributed by atoms with van der Waals surface area (Å²) in [7, 11) is 1.57. The molecule has 0 aliphatic rings. The minimum absolute atomic E-state index is 0.175. The minimum atomic E-state index is -2.99. The number of hydrogen-bond acceptors (Lipinski definition) is 7. The molecule has 0 aliphatic carbocycles. The Hall–Kier alpha value is -3.47. The zero-order valence-corrected chi connectivity index (χ0v) is 17.7. The Morgan fingerprint density at radius 3 is 2.77 bits per heavy atom. The molecular weight excluding hydrogens is 426 g/mol. The topological polar surface area (TPSA) is 98.6 Å². The van der Waals surface area contributed by atoms with Crippen molar-refractivity contribution in [1.82, 2.24) is 29.9 Å². The molecule has 1 atom stereocenters. The van der Waals surface area contributed by atoms with Crippen molar-refractivity contribution in [3.63, 3.8) is 0 Å². The summed E-state index contributed by atoms with van der Waals surface area (Å²) in [5, 5.41) is 11.5. The third-order valence-corrected chi connectivity index (χ3v) is 5.75.